The summed E-state index contributed by atoms with van der Waals surface area (Å²) >= 11 is 0. The van der Waals surface area contributed by atoms with Crippen molar-refractivity contribution in [3.8, 4) is 17.3 Å². The highest BCUT2D eigenvalue weighted by atomic mass is 19.4. The molecule has 36 heavy (non-hydrogen) atoms. The monoisotopic (exact) mass is 500 g/mol. The molecule has 1 aliphatic rings. The second-order valence-electron chi connectivity index (χ2n) is 9.43. The fraction of sp³-hybridized carbons (Fsp3) is 0.400. The van der Waals surface area contributed by atoms with E-state index in [1.807, 2.05) is 18.2 Å². The van der Waals surface area contributed by atoms with E-state index in [1.54, 1.807) is 36.6 Å². The molecule has 8 nitrogen and oxygen atoms in total. The number of aromatic nitrogens is 4. The van der Waals surface area contributed by atoms with Gasteiger partial charge in [-0.25, -0.2) is 4.98 Å². The van der Waals surface area contributed by atoms with E-state index in [0.717, 1.165) is 5.39 Å². The van der Waals surface area contributed by atoms with Crippen LogP contribution in [0.5, 0.6) is 5.75 Å². The minimum atomic E-state index is -4.47. The van der Waals surface area contributed by atoms with E-state index in [4.69, 9.17) is 20.2 Å². The minimum Gasteiger partial charge on any atom is -0.491 e. The Morgan fingerprint density at radius 2 is 1.92 bits per heavy atom. The molecule has 2 atom stereocenters. The Balaban J connectivity index is 1.52. The van der Waals surface area contributed by atoms with Gasteiger partial charge in [-0.3, -0.25) is 9.30 Å². The molecule has 4 aromatic rings. The second kappa shape index (κ2) is 9.30. The standard InChI is InChI=1S/C25H27F3N6O2/c1-24(29)9-10-33(15-24)22(25(26,27)28)17-5-8-21-31-32-23(34(21)14-17)19-7-4-16-3-6-18(13-20(16)30-19)36-12-11-35-2/h3-8,13-14,22H,9-12,15,29H2,1-2H3/t22-,24-/m0/s1. The average Bonchev–Trinajstić information content (AvgIpc) is 3.40. The molecule has 0 amide bonds. The maximum absolute atomic E-state index is 14.2. The highest BCUT2D eigenvalue weighted by molar-refractivity contribution is 5.82. The number of pyridine rings is 2. The zero-order chi connectivity index (χ0) is 25.5. The Morgan fingerprint density at radius 1 is 1.11 bits per heavy atom. The molecule has 11 heteroatoms. The maximum atomic E-state index is 14.2. The number of alkyl halides is 3. The van der Waals surface area contributed by atoms with E-state index in [0.29, 0.717) is 48.1 Å². The first-order chi connectivity index (χ1) is 17.1. The third kappa shape index (κ3) is 4.86. The van der Waals surface area contributed by atoms with Crippen LogP contribution >= 0.6 is 0 Å². The molecule has 0 bridgehead atoms. The summed E-state index contributed by atoms with van der Waals surface area (Å²) in [7, 11) is 1.60. The number of methoxy groups -OCH3 is 1. The summed E-state index contributed by atoms with van der Waals surface area (Å²) in [4.78, 5) is 6.09. The molecule has 3 aromatic heterocycles. The van der Waals surface area contributed by atoms with Crippen molar-refractivity contribution < 1.29 is 22.6 Å². The van der Waals surface area contributed by atoms with Gasteiger partial charge in [-0.15, -0.1) is 10.2 Å². The Labute approximate surface area is 205 Å². The van der Waals surface area contributed by atoms with Gasteiger partial charge in [0.05, 0.1) is 12.1 Å². The molecule has 0 saturated carbocycles. The average molecular weight is 501 g/mol. The summed E-state index contributed by atoms with van der Waals surface area (Å²) < 4.78 is 54.9. The number of hydrogen-bond acceptors (Lipinski definition) is 7. The topological polar surface area (TPSA) is 90.8 Å². The number of rotatable bonds is 7. The van der Waals surface area contributed by atoms with Crippen LogP contribution in [0.15, 0.2) is 48.7 Å². The molecular formula is C25H27F3N6O2. The van der Waals surface area contributed by atoms with Crippen molar-refractivity contribution in [3.05, 3.63) is 54.2 Å². The number of likely N-dealkylation sites (tertiary alicyclic amines) is 1. The van der Waals surface area contributed by atoms with Gasteiger partial charge in [0, 0.05) is 43.4 Å². The van der Waals surface area contributed by atoms with Crippen molar-refractivity contribution in [2.45, 2.75) is 31.1 Å². The summed E-state index contributed by atoms with van der Waals surface area (Å²) in [5, 5.41) is 9.26. The fourth-order valence-electron chi connectivity index (χ4n) is 4.65. The second-order valence-corrected chi connectivity index (χ2v) is 9.43. The van der Waals surface area contributed by atoms with Crippen LogP contribution < -0.4 is 10.5 Å². The van der Waals surface area contributed by atoms with Crippen molar-refractivity contribution in [2.75, 3.05) is 33.4 Å². The first kappa shape index (κ1) is 24.4. The van der Waals surface area contributed by atoms with Crippen LogP contribution in [0.3, 0.4) is 0 Å². The number of nitrogens with zero attached hydrogens (tertiary/aromatic N) is 5. The van der Waals surface area contributed by atoms with E-state index < -0.39 is 17.8 Å². The zero-order valence-corrected chi connectivity index (χ0v) is 20.0. The largest absolute Gasteiger partial charge is 0.491 e. The number of ether oxygens (including phenoxy) is 2. The lowest BCUT2D eigenvalue weighted by Crippen LogP contribution is -2.43. The van der Waals surface area contributed by atoms with Crippen LogP contribution in [0.4, 0.5) is 13.2 Å². The Hall–Kier alpha value is -3.28. The van der Waals surface area contributed by atoms with Gasteiger partial charge in [0.25, 0.3) is 0 Å². The van der Waals surface area contributed by atoms with Crippen LogP contribution in [-0.4, -0.2) is 69.6 Å². The Morgan fingerprint density at radius 3 is 2.64 bits per heavy atom. The lowest BCUT2D eigenvalue weighted by Gasteiger charge is -2.31. The molecule has 1 aliphatic heterocycles. The predicted molar refractivity (Wildman–Crippen MR) is 129 cm³/mol. The van der Waals surface area contributed by atoms with Gasteiger partial charge >= 0.3 is 6.18 Å². The van der Waals surface area contributed by atoms with Crippen molar-refractivity contribution >= 4 is 16.6 Å². The summed E-state index contributed by atoms with van der Waals surface area (Å²) in [5.41, 5.74) is 7.16. The highest BCUT2D eigenvalue weighted by Gasteiger charge is 2.48. The molecular weight excluding hydrogens is 473 g/mol. The number of hydrogen-bond donors (Lipinski definition) is 1. The molecule has 1 saturated heterocycles. The van der Waals surface area contributed by atoms with Gasteiger partial charge < -0.3 is 15.2 Å². The van der Waals surface area contributed by atoms with E-state index in [1.165, 1.54) is 17.2 Å². The highest BCUT2D eigenvalue weighted by Crippen LogP contribution is 2.41. The molecule has 0 unspecified atom stereocenters. The molecule has 0 aliphatic carbocycles. The molecule has 1 fully saturated rings. The molecule has 2 N–H and O–H groups in total. The first-order valence-corrected chi connectivity index (χ1v) is 11.6. The maximum Gasteiger partial charge on any atom is 0.408 e. The number of fused-ring (bicyclic) bond motifs is 2. The van der Waals surface area contributed by atoms with E-state index >= 15 is 0 Å². The van der Waals surface area contributed by atoms with Crippen LogP contribution in [-0.2, 0) is 4.74 Å². The van der Waals surface area contributed by atoms with Gasteiger partial charge in [-0.2, -0.15) is 13.2 Å². The first-order valence-electron chi connectivity index (χ1n) is 11.6. The van der Waals surface area contributed by atoms with Crippen LogP contribution in [0.2, 0.25) is 0 Å². The van der Waals surface area contributed by atoms with Crippen LogP contribution in [0.25, 0.3) is 28.1 Å². The molecule has 0 spiro atoms. The fourth-order valence-corrected chi connectivity index (χ4v) is 4.65. The molecule has 4 heterocycles. The van der Waals surface area contributed by atoms with Crippen LogP contribution in [0, 0.1) is 0 Å². The smallest absolute Gasteiger partial charge is 0.408 e. The third-order valence-corrected chi connectivity index (χ3v) is 6.40. The molecule has 0 radical (unpaired) electrons. The lowest BCUT2D eigenvalue weighted by atomic mass is 10.0. The Kier molecular flexibility index (Phi) is 6.31. The van der Waals surface area contributed by atoms with E-state index in [2.05, 4.69) is 10.2 Å². The van der Waals surface area contributed by atoms with Crippen molar-refractivity contribution in [3.63, 3.8) is 0 Å². The summed E-state index contributed by atoms with van der Waals surface area (Å²) in [6, 6.07) is 10.4. The zero-order valence-electron chi connectivity index (χ0n) is 20.0. The third-order valence-electron chi connectivity index (χ3n) is 6.40. The summed E-state index contributed by atoms with van der Waals surface area (Å²) in [6.07, 6.45) is -2.52. The van der Waals surface area contributed by atoms with Crippen molar-refractivity contribution in [1.82, 2.24) is 24.5 Å². The SMILES string of the molecule is COCCOc1ccc2ccc(-c3nnc4ccc([C@H](N5CC[C@](C)(N)C5)C(F)(F)F)cn34)nc2c1. The quantitative estimate of drug-likeness (QED) is 0.384. The number of benzene rings is 1. The van der Waals surface area contributed by atoms with Crippen LogP contribution in [0.1, 0.15) is 24.9 Å². The van der Waals surface area contributed by atoms with Crippen molar-refractivity contribution in [1.29, 1.82) is 0 Å². The number of nitrogens with two attached hydrogens (primary N) is 1. The van der Waals surface area contributed by atoms with Gasteiger partial charge in [0.15, 0.2) is 11.5 Å². The van der Waals surface area contributed by atoms with Crippen molar-refractivity contribution in [2.24, 2.45) is 5.73 Å². The van der Waals surface area contributed by atoms with Gasteiger partial charge in [-0.05, 0) is 43.2 Å². The van der Waals surface area contributed by atoms with Gasteiger partial charge in [-0.1, -0.05) is 12.1 Å². The lowest BCUT2D eigenvalue weighted by molar-refractivity contribution is -0.184. The summed E-state index contributed by atoms with van der Waals surface area (Å²) in [6.45, 7) is 3.07. The molecule has 5 rings (SSSR count). The predicted octanol–water partition coefficient (Wildman–Crippen LogP) is 4.00. The minimum absolute atomic E-state index is 0.100. The molecule has 1 aromatic carbocycles. The van der Waals surface area contributed by atoms with Gasteiger partial charge in [0.1, 0.15) is 24.1 Å². The van der Waals surface area contributed by atoms with E-state index in [-0.39, 0.29) is 18.7 Å². The molecule has 190 valence electrons. The number of halogens is 3. The van der Waals surface area contributed by atoms with Gasteiger partial charge in [0.2, 0.25) is 0 Å². The van der Waals surface area contributed by atoms with E-state index in [9.17, 15) is 13.2 Å². The summed E-state index contributed by atoms with van der Waals surface area (Å²) in [5.74, 6) is 0.994. The Bertz CT molecular complexity index is 1390. The normalized spacial score (nSPS) is 19.8.